The molecule has 0 saturated heterocycles. The number of hydrogen-bond donors (Lipinski definition) is 3. The minimum atomic E-state index is 0.782. The summed E-state index contributed by atoms with van der Waals surface area (Å²) < 4.78 is 7.37. The van der Waals surface area contributed by atoms with Gasteiger partial charge in [-0.3, -0.25) is 0 Å². The van der Waals surface area contributed by atoms with Gasteiger partial charge in [0.1, 0.15) is 17.1 Å². The number of benzene rings is 2. The molecule has 0 bridgehead atoms. The Hall–Kier alpha value is -2.31. The first-order valence-electron chi connectivity index (χ1n) is 7.88. The van der Waals surface area contributed by atoms with E-state index in [9.17, 15) is 0 Å². The summed E-state index contributed by atoms with van der Waals surface area (Å²) in [6, 6.07) is 16.3. The lowest BCUT2D eigenvalue weighted by Crippen LogP contribution is -2.36. The third-order valence-electron chi connectivity index (χ3n) is 4.14. The average Bonchev–Trinajstić information content (AvgIpc) is 2.95. The number of para-hydroxylation sites is 1. The van der Waals surface area contributed by atoms with Crippen LogP contribution in [0, 0.1) is 6.92 Å². The normalized spacial score (nSPS) is 13.0. The molecule has 0 radical (unpaired) electrons. The van der Waals surface area contributed by atoms with E-state index in [-0.39, 0.29) is 0 Å². The number of H-pyrrole nitrogens is 1. The molecular weight excluding hydrogens is 350 g/mol. The lowest BCUT2D eigenvalue weighted by molar-refractivity contribution is -0.637. The number of ether oxygens (including phenoxy) is 1. The third-order valence-corrected chi connectivity index (χ3v) is 5.41. The van der Waals surface area contributed by atoms with Crippen LogP contribution in [-0.2, 0) is 0 Å². The van der Waals surface area contributed by atoms with Gasteiger partial charge in [-0.2, -0.15) is 4.57 Å². The molecule has 6 heteroatoms. The summed E-state index contributed by atoms with van der Waals surface area (Å²) >= 11 is 6.36. The fourth-order valence-corrected chi connectivity index (χ4v) is 4.15. The smallest absolute Gasteiger partial charge is 0.318 e. The van der Waals surface area contributed by atoms with Crippen LogP contribution in [0.5, 0.6) is 5.75 Å². The van der Waals surface area contributed by atoms with Gasteiger partial charge in [0.25, 0.3) is 0 Å². The van der Waals surface area contributed by atoms with Crippen LogP contribution >= 0.6 is 24.4 Å². The van der Waals surface area contributed by atoms with Crippen LogP contribution in [-0.4, -0.2) is 12.1 Å². The maximum absolute atomic E-state index is 5.26. The van der Waals surface area contributed by atoms with E-state index in [2.05, 4.69) is 58.0 Å². The minimum absolute atomic E-state index is 0.782. The second-order valence-electron chi connectivity index (χ2n) is 5.73. The zero-order valence-corrected chi connectivity index (χ0v) is 15.6. The molecule has 0 unspecified atom stereocenters. The second kappa shape index (κ2) is 6.54. The molecule has 3 aromatic rings. The summed E-state index contributed by atoms with van der Waals surface area (Å²) in [5.41, 5.74) is 5.31. The van der Waals surface area contributed by atoms with Crippen molar-refractivity contribution in [1.29, 1.82) is 0 Å². The van der Waals surface area contributed by atoms with Gasteiger partial charge in [-0.15, -0.1) is 0 Å². The fourth-order valence-electron chi connectivity index (χ4n) is 2.95. The van der Waals surface area contributed by atoms with Gasteiger partial charge >= 0.3 is 5.16 Å². The molecule has 1 aliphatic heterocycles. The SMILES string of the molecule is COc1ccc(-[n+]2c(S)[nH]c(C)c2C2=CSc3ccccc3N2)cc1. The Labute approximate surface area is 156 Å². The predicted molar refractivity (Wildman–Crippen MR) is 105 cm³/mol. The molecule has 0 spiro atoms. The molecule has 0 aliphatic carbocycles. The van der Waals surface area contributed by atoms with Crippen LogP contribution in [0.25, 0.3) is 11.4 Å². The number of imidazole rings is 1. The Morgan fingerprint density at radius 1 is 1.08 bits per heavy atom. The van der Waals surface area contributed by atoms with Gasteiger partial charge in [0.05, 0.1) is 18.5 Å². The van der Waals surface area contributed by atoms with Crippen molar-refractivity contribution in [2.24, 2.45) is 0 Å². The lowest BCUT2D eigenvalue weighted by Gasteiger charge is -2.18. The number of aromatic nitrogens is 2. The van der Waals surface area contributed by atoms with Gasteiger partial charge in [0, 0.05) is 17.2 Å². The Bertz CT molecular complexity index is 961. The van der Waals surface area contributed by atoms with Crippen molar-refractivity contribution in [3.05, 3.63) is 65.3 Å². The number of thiol groups is 1. The van der Waals surface area contributed by atoms with Crippen LogP contribution in [0.3, 0.4) is 0 Å². The fraction of sp³-hybridized carbons (Fsp3) is 0.105. The number of anilines is 1. The summed E-state index contributed by atoms with van der Waals surface area (Å²) in [6.07, 6.45) is 0. The van der Waals surface area contributed by atoms with E-state index >= 15 is 0 Å². The zero-order valence-electron chi connectivity index (χ0n) is 13.9. The lowest BCUT2D eigenvalue weighted by atomic mass is 10.2. The van der Waals surface area contributed by atoms with Gasteiger partial charge in [-0.25, -0.2) is 4.98 Å². The number of nitrogens with zero attached hydrogens (tertiary/aromatic N) is 1. The highest BCUT2D eigenvalue weighted by Gasteiger charge is 2.27. The first-order chi connectivity index (χ1) is 12.2. The van der Waals surface area contributed by atoms with Crippen LogP contribution in [0.4, 0.5) is 5.69 Å². The molecule has 126 valence electrons. The molecule has 4 rings (SSSR count). The van der Waals surface area contributed by atoms with Crippen molar-refractivity contribution in [3.63, 3.8) is 0 Å². The number of nitrogens with one attached hydrogen (secondary N) is 2. The van der Waals surface area contributed by atoms with Gasteiger partial charge in [-0.1, -0.05) is 36.5 Å². The van der Waals surface area contributed by atoms with Crippen molar-refractivity contribution in [2.75, 3.05) is 12.4 Å². The van der Waals surface area contributed by atoms with Gasteiger partial charge in [-0.05, 0) is 36.4 Å². The van der Waals surface area contributed by atoms with Crippen LogP contribution in [0.15, 0.2) is 64.0 Å². The highest BCUT2D eigenvalue weighted by molar-refractivity contribution is 8.02. The van der Waals surface area contributed by atoms with Crippen molar-refractivity contribution in [2.45, 2.75) is 17.0 Å². The van der Waals surface area contributed by atoms with E-state index in [1.807, 2.05) is 30.3 Å². The Morgan fingerprint density at radius 3 is 2.60 bits per heavy atom. The number of methoxy groups -OCH3 is 1. The summed E-state index contributed by atoms with van der Waals surface area (Å²) in [6.45, 7) is 2.06. The molecule has 0 saturated carbocycles. The predicted octanol–water partition coefficient (Wildman–Crippen LogP) is 4.41. The topological polar surface area (TPSA) is 40.9 Å². The van der Waals surface area contributed by atoms with Crippen molar-refractivity contribution in [1.82, 2.24) is 4.98 Å². The molecule has 4 nitrogen and oxygen atoms in total. The molecule has 0 amide bonds. The first kappa shape index (κ1) is 16.2. The second-order valence-corrected chi connectivity index (χ2v) is 7.06. The molecule has 0 atom stereocenters. The molecule has 2 heterocycles. The Kier molecular flexibility index (Phi) is 4.23. The molecule has 2 aromatic carbocycles. The first-order valence-corrected chi connectivity index (χ1v) is 9.21. The van der Waals surface area contributed by atoms with Gasteiger partial charge in [0.15, 0.2) is 5.69 Å². The average molecular weight is 369 g/mol. The van der Waals surface area contributed by atoms with E-state index < -0.39 is 0 Å². The summed E-state index contributed by atoms with van der Waals surface area (Å²) in [4.78, 5) is 4.55. The minimum Gasteiger partial charge on any atom is -0.497 e. The Balaban J connectivity index is 1.79. The molecule has 0 fully saturated rings. The van der Waals surface area contributed by atoms with E-state index in [1.54, 1.807) is 18.9 Å². The van der Waals surface area contributed by atoms with Crippen LogP contribution < -0.4 is 14.6 Å². The van der Waals surface area contributed by atoms with Gasteiger partial charge < -0.3 is 10.1 Å². The summed E-state index contributed by atoms with van der Waals surface area (Å²) in [7, 11) is 1.67. The van der Waals surface area contributed by atoms with E-state index in [4.69, 9.17) is 4.74 Å². The summed E-state index contributed by atoms with van der Waals surface area (Å²) in [5.74, 6) is 0.832. The number of rotatable bonds is 3. The van der Waals surface area contributed by atoms with E-state index in [0.717, 1.165) is 39.4 Å². The number of aryl methyl sites for hydroxylation is 1. The number of aromatic amines is 1. The molecule has 1 aromatic heterocycles. The Morgan fingerprint density at radius 2 is 1.84 bits per heavy atom. The highest BCUT2D eigenvalue weighted by Crippen LogP contribution is 2.37. The quantitative estimate of drug-likeness (QED) is 0.474. The van der Waals surface area contributed by atoms with Crippen LogP contribution in [0.1, 0.15) is 11.4 Å². The maximum Gasteiger partial charge on any atom is 0.318 e. The standard InChI is InChI=1S/C19H17N3OS2/c1-12-18(16-11-25-17-6-4-3-5-15(17)21-16)22(19(24)20-12)13-7-9-14(23-2)10-8-13/h3-11,21H,1-2H3,(H,20,24)/p+1. The van der Waals surface area contributed by atoms with Crippen molar-refractivity contribution < 1.29 is 9.30 Å². The van der Waals surface area contributed by atoms with Crippen molar-refractivity contribution >= 4 is 35.8 Å². The molecule has 2 N–H and O–H groups in total. The van der Waals surface area contributed by atoms with E-state index in [0.29, 0.717) is 0 Å². The van der Waals surface area contributed by atoms with E-state index in [1.165, 1.54) is 4.90 Å². The maximum atomic E-state index is 5.26. The number of thioether (sulfide) groups is 1. The summed E-state index contributed by atoms with van der Waals surface area (Å²) in [5, 5.41) is 6.47. The molecule has 1 aliphatic rings. The number of fused-ring (bicyclic) bond motifs is 1. The molecular formula is C19H18N3OS2+. The largest absolute Gasteiger partial charge is 0.497 e. The van der Waals surface area contributed by atoms with Crippen LogP contribution in [0.2, 0.25) is 0 Å². The molecule has 25 heavy (non-hydrogen) atoms. The zero-order chi connectivity index (χ0) is 17.4. The highest BCUT2D eigenvalue weighted by atomic mass is 32.2. The monoisotopic (exact) mass is 368 g/mol. The van der Waals surface area contributed by atoms with Crippen molar-refractivity contribution in [3.8, 4) is 11.4 Å². The third kappa shape index (κ3) is 2.92. The number of hydrogen-bond acceptors (Lipinski definition) is 4. The van der Waals surface area contributed by atoms with Gasteiger partial charge in [0.2, 0.25) is 0 Å².